The van der Waals surface area contributed by atoms with E-state index in [1.54, 1.807) is 0 Å². The van der Waals surface area contributed by atoms with Gasteiger partial charge < -0.3 is 5.32 Å². The zero-order chi connectivity index (χ0) is 15.2. The lowest BCUT2D eigenvalue weighted by Gasteiger charge is -2.14. The van der Waals surface area contributed by atoms with Crippen LogP contribution < -0.4 is 5.32 Å². The van der Waals surface area contributed by atoms with E-state index in [4.69, 9.17) is 0 Å². The van der Waals surface area contributed by atoms with E-state index in [2.05, 4.69) is 62.5 Å². The molecule has 0 aliphatic rings. The second kappa shape index (κ2) is 7.41. The van der Waals surface area contributed by atoms with E-state index in [9.17, 15) is 0 Å². The van der Waals surface area contributed by atoms with Gasteiger partial charge in [0.05, 0.1) is 12.7 Å². The van der Waals surface area contributed by atoms with Gasteiger partial charge in [0.15, 0.2) is 0 Å². The molecule has 1 heterocycles. The molecule has 114 valence electrons. The largest absolute Gasteiger partial charge is 0.310 e. The zero-order valence-corrected chi connectivity index (χ0v) is 13.7. The molecule has 0 aliphatic heterocycles. The topological polar surface area (TPSA) is 29.9 Å². The third-order valence-electron chi connectivity index (χ3n) is 3.73. The molecule has 0 amide bonds. The Morgan fingerprint density at radius 2 is 1.86 bits per heavy atom. The van der Waals surface area contributed by atoms with Crippen molar-refractivity contribution in [3.63, 3.8) is 0 Å². The summed E-state index contributed by atoms with van der Waals surface area (Å²) >= 11 is 0. The van der Waals surface area contributed by atoms with Crippen molar-refractivity contribution in [2.45, 2.75) is 53.1 Å². The Bertz CT molecular complexity index is 551. The van der Waals surface area contributed by atoms with E-state index in [1.807, 2.05) is 10.9 Å². The SMILES string of the molecule is CCCNC(CC)c1cnn(Cc2cc(C)cc(C)c2)c1. The van der Waals surface area contributed by atoms with Crippen molar-refractivity contribution in [1.82, 2.24) is 15.1 Å². The third kappa shape index (κ3) is 4.43. The van der Waals surface area contributed by atoms with Gasteiger partial charge in [-0.25, -0.2) is 0 Å². The Kier molecular flexibility index (Phi) is 5.57. The summed E-state index contributed by atoms with van der Waals surface area (Å²) in [6.07, 6.45) is 6.43. The maximum Gasteiger partial charge on any atom is 0.0659 e. The van der Waals surface area contributed by atoms with Crippen molar-refractivity contribution in [2.75, 3.05) is 6.54 Å². The van der Waals surface area contributed by atoms with Crippen LogP contribution in [0.2, 0.25) is 0 Å². The molecule has 1 N–H and O–H groups in total. The molecule has 1 aromatic carbocycles. The summed E-state index contributed by atoms with van der Waals surface area (Å²) < 4.78 is 2.04. The third-order valence-corrected chi connectivity index (χ3v) is 3.73. The monoisotopic (exact) mass is 285 g/mol. The second-order valence-corrected chi connectivity index (χ2v) is 5.88. The summed E-state index contributed by atoms with van der Waals surface area (Å²) in [5.41, 5.74) is 5.23. The van der Waals surface area contributed by atoms with Crippen molar-refractivity contribution in [1.29, 1.82) is 0 Å². The lowest BCUT2D eigenvalue weighted by atomic mass is 10.1. The summed E-state index contributed by atoms with van der Waals surface area (Å²) in [7, 11) is 0. The van der Waals surface area contributed by atoms with Gasteiger partial charge in [-0.05, 0) is 38.8 Å². The fourth-order valence-corrected chi connectivity index (χ4v) is 2.81. The smallest absolute Gasteiger partial charge is 0.0659 e. The van der Waals surface area contributed by atoms with Gasteiger partial charge in [0.25, 0.3) is 0 Å². The molecular weight excluding hydrogens is 258 g/mol. The molecule has 1 aromatic heterocycles. The first kappa shape index (κ1) is 15.8. The van der Waals surface area contributed by atoms with Crippen LogP contribution in [-0.4, -0.2) is 16.3 Å². The standard InChI is InChI=1S/C18H27N3/c1-5-7-19-18(6-2)17-11-20-21(13-17)12-16-9-14(3)8-15(4)10-16/h8-11,13,18-19H,5-7,12H2,1-4H3. The predicted octanol–water partition coefficient (Wildman–Crippen LogP) is 4.00. The van der Waals surface area contributed by atoms with E-state index in [0.29, 0.717) is 6.04 Å². The summed E-state index contributed by atoms with van der Waals surface area (Å²) in [5.74, 6) is 0. The highest BCUT2D eigenvalue weighted by Gasteiger charge is 2.10. The minimum Gasteiger partial charge on any atom is -0.310 e. The van der Waals surface area contributed by atoms with Crippen LogP contribution in [-0.2, 0) is 6.54 Å². The van der Waals surface area contributed by atoms with Crippen molar-refractivity contribution >= 4 is 0 Å². The van der Waals surface area contributed by atoms with Gasteiger partial charge in [-0.2, -0.15) is 5.10 Å². The highest BCUT2D eigenvalue weighted by Crippen LogP contribution is 2.17. The molecule has 2 aromatic rings. The molecular formula is C18H27N3. The highest BCUT2D eigenvalue weighted by atomic mass is 15.3. The van der Waals surface area contributed by atoms with E-state index < -0.39 is 0 Å². The normalized spacial score (nSPS) is 12.6. The fraction of sp³-hybridized carbons (Fsp3) is 0.500. The van der Waals surface area contributed by atoms with Crippen molar-refractivity contribution in [2.24, 2.45) is 0 Å². The van der Waals surface area contributed by atoms with Crippen LogP contribution in [0.25, 0.3) is 0 Å². The number of aryl methyl sites for hydroxylation is 2. The van der Waals surface area contributed by atoms with Gasteiger partial charge in [-0.3, -0.25) is 4.68 Å². The molecule has 3 heteroatoms. The lowest BCUT2D eigenvalue weighted by Crippen LogP contribution is -2.21. The second-order valence-electron chi connectivity index (χ2n) is 5.88. The van der Waals surface area contributed by atoms with Gasteiger partial charge >= 0.3 is 0 Å². The number of benzene rings is 1. The molecule has 3 nitrogen and oxygen atoms in total. The van der Waals surface area contributed by atoms with Gasteiger partial charge in [-0.15, -0.1) is 0 Å². The van der Waals surface area contributed by atoms with Crippen molar-refractivity contribution < 1.29 is 0 Å². The van der Waals surface area contributed by atoms with Crippen molar-refractivity contribution in [3.05, 3.63) is 52.8 Å². The summed E-state index contributed by atoms with van der Waals surface area (Å²) in [6.45, 7) is 10.6. The average Bonchev–Trinajstić information content (AvgIpc) is 2.87. The van der Waals surface area contributed by atoms with Crippen LogP contribution in [0.4, 0.5) is 0 Å². The number of hydrogen-bond acceptors (Lipinski definition) is 2. The Hall–Kier alpha value is -1.61. The van der Waals surface area contributed by atoms with Crippen LogP contribution >= 0.6 is 0 Å². The molecule has 0 fully saturated rings. The number of aromatic nitrogens is 2. The molecule has 0 aliphatic carbocycles. The summed E-state index contributed by atoms with van der Waals surface area (Å²) in [4.78, 5) is 0. The van der Waals surface area contributed by atoms with Gasteiger partial charge in [-0.1, -0.05) is 43.2 Å². The molecule has 0 bridgehead atoms. The maximum absolute atomic E-state index is 4.52. The van der Waals surface area contributed by atoms with E-state index in [1.165, 1.54) is 22.3 Å². The lowest BCUT2D eigenvalue weighted by molar-refractivity contribution is 0.517. The Morgan fingerprint density at radius 1 is 1.14 bits per heavy atom. The zero-order valence-electron chi connectivity index (χ0n) is 13.7. The number of nitrogens with zero attached hydrogens (tertiary/aromatic N) is 2. The molecule has 0 saturated carbocycles. The molecule has 0 radical (unpaired) electrons. The molecule has 0 spiro atoms. The maximum atomic E-state index is 4.52. The van der Waals surface area contributed by atoms with Crippen molar-refractivity contribution in [3.8, 4) is 0 Å². The van der Waals surface area contributed by atoms with Gasteiger partial charge in [0.2, 0.25) is 0 Å². The Morgan fingerprint density at radius 3 is 2.48 bits per heavy atom. The summed E-state index contributed by atoms with van der Waals surface area (Å²) in [5, 5.41) is 8.10. The van der Waals surface area contributed by atoms with E-state index in [-0.39, 0.29) is 0 Å². The first-order chi connectivity index (χ1) is 10.1. The minimum absolute atomic E-state index is 0.415. The fourth-order valence-electron chi connectivity index (χ4n) is 2.81. The molecule has 2 rings (SSSR count). The van der Waals surface area contributed by atoms with E-state index in [0.717, 1.165) is 25.9 Å². The molecule has 0 saturated heterocycles. The van der Waals surface area contributed by atoms with Crippen LogP contribution in [0, 0.1) is 13.8 Å². The first-order valence-corrected chi connectivity index (χ1v) is 7.95. The van der Waals surface area contributed by atoms with Crippen LogP contribution in [0.3, 0.4) is 0 Å². The van der Waals surface area contributed by atoms with Gasteiger partial charge in [0.1, 0.15) is 0 Å². The predicted molar refractivity (Wildman–Crippen MR) is 88.6 cm³/mol. The summed E-state index contributed by atoms with van der Waals surface area (Å²) in [6, 6.07) is 7.10. The van der Waals surface area contributed by atoms with Crippen LogP contribution in [0.15, 0.2) is 30.6 Å². The quantitative estimate of drug-likeness (QED) is 0.833. The molecule has 1 atom stereocenters. The Balaban J connectivity index is 2.08. The number of rotatable bonds is 7. The minimum atomic E-state index is 0.415. The highest BCUT2D eigenvalue weighted by molar-refractivity contribution is 5.28. The molecule has 1 unspecified atom stereocenters. The Labute approximate surface area is 128 Å². The number of hydrogen-bond donors (Lipinski definition) is 1. The van der Waals surface area contributed by atoms with Gasteiger partial charge in [0, 0.05) is 17.8 Å². The number of nitrogens with one attached hydrogen (secondary N) is 1. The average molecular weight is 285 g/mol. The first-order valence-electron chi connectivity index (χ1n) is 7.95. The van der Waals surface area contributed by atoms with E-state index >= 15 is 0 Å². The molecule has 21 heavy (non-hydrogen) atoms. The van der Waals surface area contributed by atoms with Crippen LogP contribution in [0.1, 0.15) is 55.0 Å². The van der Waals surface area contributed by atoms with Crippen LogP contribution in [0.5, 0.6) is 0 Å².